The van der Waals surface area contributed by atoms with Gasteiger partial charge in [0.1, 0.15) is 23.9 Å². The molecule has 0 radical (unpaired) electrons. The lowest BCUT2D eigenvalue weighted by Crippen LogP contribution is -2.58. The van der Waals surface area contributed by atoms with Crippen molar-refractivity contribution in [3.63, 3.8) is 0 Å². The van der Waals surface area contributed by atoms with Crippen molar-refractivity contribution in [2.45, 2.75) is 76.3 Å². The minimum atomic E-state index is -1.62. The Bertz CT molecular complexity index is 1420. The van der Waals surface area contributed by atoms with Crippen LogP contribution in [0.3, 0.4) is 0 Å². The molecule has 0 aliphatic rings. The third-order valence-corrected chi connectivity index (χ3v) is 7.29. The molecule has 5 amide bonds. The summed E-state index contributed by atoms with van der Waals surface area (Å²) in [5.41, 5.74) is 7.24. The van der Waals surface area contributed by atoms with Crippen LogP contribution in [0.15, 0.2) is 54.6 Å². The minimum Gasteiger partial charge on any atom is -0.508 e. The number of carboxylic acid groups (broad SMARTS) is 1. The largest absolute Gasteiger partial charge is 0.508 e. The van der Waals surface area contributed by atoms with E-state index in [0.29, 0.717) is 11.1 Å². The molecule has 0 saturated carbocycles. The topological polar surface area (TPSA) is 270 Å². The van der Waals surface area contributed by atoms with E-state index in [1.807, 2.05) is 0 Å². The summed E-state index contributed by atoms with van der Waals surface area (Å²) in [5, 5.41) is 50.3. The highest BCUT2D eigenvalue weighted by Gasteiger charge is 2.32. The Morgan fingerprint density at radius 3 is 1.84 bits per heavy atom. The summed E-state index contributed by atoms with van der Waals surface area (Å²) >= 11 is 0. The van der Waals surface area contributed by atoms with Gasteiger partial charge in [0.15, 0.2) is 6.04 Å². The standard InChI is InChI=1S/C33H46N6O10/c1-18(2)13-24(32(47)39-28(19(3)41)33(48)49)37-31(46)25(15-20-7-5-4-6-8-20)36-27(43)16-35-30(45)26(17-40)38-29(44)23(34)14-21-9-11-22(42)12-10-21/h4-12,18-19,23-26,28,40-42H,13-17,34H2,1-3H3,(H,35,45)(H,36,43)(H,37,46)(H,38,44)(H,39,47)(H,48,49)/t19-,23-,24+,25+,26+,28+/m1/s1. The molecule has 49 heavy (non-hydrogen) atoms. The van der Waals surface area contributed by atoms with Gasteiger partial charge < -0.3 is 52.7 Å². The number of aliphatic carboxylic acids is 1. The van der Waals surface area contributed by atoms with E-state index < -0.39 is 85.0 Å². The number of benzene rings is 2. The Labute approximate surface area is 283 Å². The highest BCUT2D eigenvalue weighted by Crippen LogP contribution is 2.11. The molecule has 16 nitrogen and oxygen atoms in total. The van der Waals surface area contributed by atoms with Crippen LogP contribution in [0.25, 0.3) is 0 Å². The number of aliphatic hydroxyl groups is 2. The molecular weight excluding hydrogens is 640 g/mol. The lowest BCUT2D eigenvalue weighted by molar-refractivity contribution is -0.145. The van der Waals surface area contributed by atoms with Gasteiger partial charge in [-0.3, -0.25) is 24.0 Å². The van der Waals surface area contributed by atoms with Crippen LogP contribution >= 0.6 is 0 Å². The molecule has 0 aliphatic carbocycles. The Balaban J connectivity index is 2.09. The van der Waals surface area contributed by atoms with Gasteiger partial charge in [0.05, 0.1) is 25.3 Å². The van der Waals surface area contributed by atoms with E-state index in [1.165, 1.54) is 19.1 Å². The van der Waals surface area contributed by atoms with Crippen molar-refractivity contribution in [2.24, 2.45) is 11.7 Å². The number of aliphatic hydroxyl groups excluding tert-OH is 2. The second-order valence-corrected chi connectivity index (χ2v) is 12.0. The number of nitrogens with one attached hydrogen (secondary N) is 5. The molecule has 0 aliphatic heterocycles. The first kappa shape index (κ1) is 40.1. The highest BCUT2D eigenvalue weighted by atomic mass is 16.4. The number of hydrogen-bond acceptors (Lipinski definition) is 10. The van der Waals surface area contributed by atoms with Gasteiger partial charge in [0.2, 0.25) is 29.5 Å². The Hall–Kier alpha value is -5.06. The quantitative estimate of drug-likeness (QED) is 0.0777. The maximum absolute atomic E-state index is 13.5. The van der Waals surface area contributed by atoms with Gasteiger partial charge in [-0.15, -0.1) is 0 Å². The van der Waals surface area contributed by atoms with E-state index in [-0.39, 0.29) is 30.9 Å². The predicted molar refractivity (Wildman–Crippen MR) is 177 cm³/mol. The molecule has 268 valence electrons. The third-order valence-electron chi connectivity index (χ3n) is 7.29. The van der Waals surface area contributed by atoms with Gasteiger partial charge in [0, 0.05) is 6.42 Å². The van der Waals surface area contributed by atoms with Crippen LogP contribution in [0.4, 0.5) is 0 Å². The van der Waals surface area contributed by atoms with Crippen molar-refractivity contribution in [3.8, 4) is 5.75 Å². The first-order valence-corrected chi connectivity index (χ1v) is 15.7. The lowest BCUT2D eigenvalue weighted by atomic mass is 10.0. The number of amides is 5. The van der Waals surface area contributed by atoms with Gasteiger partial charge in [-0.2, -0.15) is 0 Å². The number of carboxylic acids is 1. The number of nitrogens with two attached hydrogens (primary N) is 1. The average Bonchev–Trinajstić information content (AvgIpc) is 3.04. The van der Waals surface area contributed by atoms with E-state index in [1.54, 1.807) is 56.3 Å². The minimum absolute atomic E-state index is 0.0119. The number of hydrogen-bond donors (Lipinski definition) is 10. The van der Waals surface area contributed by atoms with Crippen molar-refractivity contribution in [1.29, 1.82) is 0 Å². The zero-order valence-corrected chi connectivity index (χ0v) is 27.6. The Morgan fingerprint density at radius 2 is 1.29 bits per heavy atom. The summed E-state index contributed by atoms with van der Waals surface area (Å²) in [7, 11) is 0. The number of aromatic hydroxyl groups is 1. The molecule has 6 atom stereocenters. The van der Waals surface area contributed by atoms with Gasteiger partial charge in [-0.05, 0) is 48.9 Å². The van der Waals surface area contributed by atoms with E-state index >= 15 is 0 Å². The average molecular weight is 687 g/mol. The summed E-state index contributed by atoms with van der Waals surface area (Å²) in [6.07, 6.45) is -1.24. The molecule has 0 heterocycles. The summed E-state index contributed by atoms with van der Waals surface area (Å²) in [6, 6.07) is 8.05. The van der Waals surface area contributed by atoms with Crippen LogP contribution in [0.5, 0.6) is 5.75 Å². The molecule has 16 heteroatoms. The lowest BCUT2D eigenvalue weighted by Gasteiger charge is -2.26. The summed E-state index contributed by atoms with van der Waals surface area (Å²) in [6.45, 7) is 3.32. The fourth-order valence-electron chi connectivity index (χ4n) is 4.66. The summed E-state index contributed by atoms with van der Waals surface area (Å²) in [5.74, 6) is -5.59. The molecular formula is C33H46N6O10. The number of carbonyl (C=O) groups excluding carboxylic acids is 5. The van der Waals surface area contributed by atoms with Crippen molar-refractivity contribution < 1.29 is 49.2 Å². The van der Waals surface area contributed by atoms with E-state index in [0.717, 1.165) is 0 Å². The number of rotatable bonds is 19. The molecule has 0 bridgehead atoms. The molecule has 0 unspecified atom stereocenters. The molecule has 0 fully saturated rings. The fourth-order valence-corrected chi connectivity index (χ4v) is 4.66. The smallest absolute Gasteiger partial charge is 0.328 e. The Morgan fingerprint density at radius 1 is 0.714 bits per heavy atom. The van der Waals surface area contributed by atoms with Gasteiger partial charge >= 0.3 is 5.97 Å². The second-order valence-electron chi connectivity index (χ2n) is 12.0. The molecule has 11 N–H and O–H groups in total. The van der Waals surface area contributed by atoms with Crippen molar-refractivity contribution >= 4 is 35.5 Å². The Kier molecular flexibility index (Phi) is 16.1. The van der Waals surface area contributed by atoms with Crippen LogP contribution in [-0.2, 0) is 41.6 Å². The van der Waals surface area contributed by atoms with E-state index in [2.05, 4.69) is 26.6 Å². The van der Waals surface area contributed by atoms with Crippen LogP contribution < -0.4 is 32.3 Å². The number of phenolic OH excluding ortho intramolecular Hbond substituents is 1. The van der Waals surface area contributed by atoms with Crippen LogP contribution in [-0.4, -0.2) is 105 Å². The summed E-state index contributed by atoms with van der Waals surface area (Å²) < 4.78 is 0. The summed E-state index contributed by atoms with van der Waals surface area (Å²) in [4.78, 5) is 76.3. The van der Waals surface area contributed by atoms with Crippen molar-refractivity contribution in [3.05, 3.63) is 65.7 Å². The highest BCUT2D eigenvalue weighted by molar-refractivity contribution is 5.95. The molecule has 0 aromatic heterocycles. The first-order valence-electron chi connectivity index (χ1n) is 15.7. The molecule has 2 aromatic rings. The van der Waals surface area contributed by atoms with Gasteiger partial charge in [-0.25, -0.2) is 4.79 Å². The fraction of sp³-hybridized carbons (Fsp3) is 0.455. The van der Waals surface area contributed by atoms with Crippen LogP contribution in [0.2, 0.25) is 0 Å². The molecule has 0 spiro atoms. The second kappa shape index (κ2) is 19.7. The molecule has 2 aromatic carbocycles. The first-order chi connectivity index (χ1) is 23.1. The number of carbonyl (C=O) groups is 6. The number of phenols is 1. The van der Waals surface area contributed by atoms with Gasteiger partial charge in [0.25, 0.3) is 0 Å². The predicted octanol–water partition coefficient (Wildman–Crippen LogP) is -1.94. The zero-order chi connectivity index (χ0) is 36.7. The normalized spacial score (nSPS) is 14.7. The molecule has 2 rings (SSSR count). The zero-order valence-electron chi connectivity index (χ0n) is 27.6. The maximum atomic E-state index is 13.5. The van der Waals surface area contributed by atoms with Crippen LogP contribution in [0.1, 0.15) is 38.3 Å². The van der Waals surface area contributed by atoms with E-state index in [4.69, 9.17) is 5.73 Å². The van der Waals surface area contributed by atoms with E-state index in [9.17, 15) is 49.2 Å². The van der Waals surface area contributed by atoms with Crippen LogP contribution in [0, 0.1) is 5.92 Å². The maximum Gasteiger partial charge on any atom is 0.328 e. The SMILES string of the molecule is CC(C)C[C@H](NC(=O)[C@H](Cc1ccccc1)NC(=O)CNC(=O)[C@H](CO)NC(=O)[C@H](N)Cc1ccc(O)cc1)C(=O)N[C@H](C(=O)O)[C@@H](C)O. The monoisotopic (exact) mass is 686 g/mol. The van der Waals surface area contributed by atoms with Crippen molar-refractivity contribution in [2.75, 3.05) is 13.2 Å². The van der Waals surface area contributed by atoms with Gasteiger partial charge in [-0.1, -0.05) is 56.3 Å². The molecule has 0 saturated heterocycles. The van der Waals surface area contributed by atoms with Crippen molar-refractivity contribution in [1.82, 2.24) is 26.6 Å². The third kappa shape index (κ3) is 13.9.